The van der Waals surface area contributed by atoms with Crippen molar-refractivity contribution in [2.75, 3.05) is 0 Å². The third-order valence-corrected chi connectivity index (χ3v) is 6.70. The summed E-state index contributed by atoms with van der Waals surface area (Å²) in [4.78, 5) is 5.73. The van der Waals surface area contributed by atoms with E-state index in [0.29, 0.717) is 5.92 Å². The average Bonchev–Trinajstić information content (AvgIpc) is 3.19. The van der Waals surface area contributed by atoms with Crippen molar-refractivity contribution in [1.82, 2.24) is 9.55 Å². The molecule has 0 bridgehead atoms. The molecule has 4 rings (SSSR count). The van der Waals surface area contributed by atoms with Crippen LogP contribution in [0.5, 0.6) is 0 Å². The summed E-state index contributed by atoms with van der Waals surface area (Å²) in [5.41, 5.74) is 2.31. The number of thiophene rings is 1. The van der Waals surface area contributed by atoms with E-state index in [9.17, 15) is 5.11 Å². The third-order valence-electron chi connectivity index (χ3n) is 5.73. The minimum Gasteiger partial charge on any atom is -0.392 e. The van der Waals surface area contributed by atoms with Gasteiger partial charge in [-0.25, -0.2) is 4.98 Å². The van der Waals surface area contributed by atoms with Gasteiger partial charge in [0.2, 0.25) is 0 Å². The molecule has 2 aromatic rings. The topological polar surface area (TPSA) is 38.1 Å². The summed E-state index contributed by atoms with van der Waals surface area (Å²) in [5.74, 6) is 0.444. The summed E-state index contributed by atoms with van der Waals surface area (Å²) < 4.78 is 2.27. The minimum atomic E-state index is -0.263. The number of hydrogen-bond donors (Lipinski definition) is 1. The molecule has 1 aliphatic heterocycles. The van der Waals surface area contributed by atoms with E-state index in [4.69, 9.17) is 0 Å². The zero-order valence-corrected chi connectivity index (χ0v) is 14.1. The fourth-order valence-corrected chi connectivity index (χ4v) is 5.70. The standard InChI is InChI=1S/C18H24N2OS/c1-18(2,17(21)12-6-4-3-5-7-12)16-15-13(8-9-22-15)14-10-19-11-20(14)16/h8-12,16-17,21H,3-7H2,1-2H3. The number of aliphatic hydroxyl groups is 1. The van der Waals surface area contributed by atoms with E-state index in [0.717, 1.165) is 0 Å². The molecule has 2 aliphatic rings. The molecule has 1 N–H and O–H groups in total. The van der Waals surface area contributed by atoms with E-state index in [1.807, 2.05) is 23.9 Å². The Labute approximate surface area is 136 Å². The van der Waals surface area contributed by atoms with Crippen LogP contribution in [0.1, 0.15) is 56.9 Å². The molecule has 4 heteroatoms. The minimum absolute atomic E-state index is 0.187. The van der Waals surface area contributed by atoms with E-state index < -0.39 is 0 Å². The second kappa shape index (κ2) is 5.20. The predicted molar refractivity (Wildman–Crippen MR) is 90.0 cm³/mol. The van der Waals surface area contributed by atoms with Gasteiger partial charge in [0.1, 0.15) is 0 Å². The molecule has 1 aliphatic carbocycles. The van der Waals surface area contributed by atoms with Gasteiger partial charge in [-0.3, -0.25) is 0 Å². The van der Waals surface area contributed by atoms with E-state index in [1.54, 1.807) is 0 Å². The summed E-state index contributed by atoms with van der Waals surface area (Å²) >= 11 is 1.81. The number of rotatable bonds is 3. The lowest BCUT2D eigenvalue weighted by molar-refractivity contribution is -0.0299. The average molecular weight is 316 g/mol. The van der Waals surface area contributed by atoms with Crippen molar-refractivity contribution in [2.45, 2.75) is 58.1 Å². The maximum Gasteiger partial charge on any atom is 0.0957 e. The van der Waals surface area contributed by atoms with E-state index >= 15 is 0 Å². The summed E-state index contributed by atoms with van der Waals surface area (Å²) in [6.45, 7) is 4.46. The Bertz CT molecular complexity index is 626. The Morgan fingerprint density at radius 2 is 2.09 bits per heavy atom. The zero-order chi connectivity index (χ0) is 15.3. The van der Waals surface area contributed by atoms with Gasteiger partial charge in [-0.1, -0.05) is 33.1 Å². The molecular weight excluding hydrogens is 292 g/mol. The van der Waals surface area contributed by atoms with Gasteiger partial charge in [-0.15, -0.1) is 11.3 Å². The molecule has 0 aromatic carbocycles. The monoisotopic (exact) mass is 316 g/mol. The van der Waals surface area contributed by atoms with Crippen LogP contribution in [0.25, 0.3) is 11.3 Å². The van der Waals surface area contributed by atoms with E-state index in [2.05, 4.69) is 34.8 Å². The van der Waals surface area contributed by atoms with Crippen molar-refractivity contribution in [3.05, 3.63) is 28.8 Å². The predicted octanol–water partition coefficient (Wildman–Crippen LogP) is 4.48. The molecule has 3 nitrogen and oxygen atoms in total. The van der Waals surface area contributed by atoms with E-state index in [-0.39, 0.29) is 17.6 Å². The Kier molecular flexibility index (Phi) is 3.42. The highest BCUT2D eigenvalue weighted by molar-refractivity contribution is 7.10. The van der Waals surface area contributed by atoms with Crippen LogP contribution in [0.4, 0.5) is 0 Å². The van der Waals surface area contributed by atoms with Crippen LogP contribution in [-0.2, 0) is 0 Å². The number of fused-ring (bicyclic) bond motifs is 3. The lowest BCUT2D eigenvalue weighted by Crippen LogP contribution is -2.42. The van der Waals surface area contributed by atoms with Gasteiger partial charge >= 0.3 is 0 Å². The van der Waals surface area contributed by atoms with Crippen molar-refractivity contribution < 1.29 is 5.11 Å². The van der Waals surface area contributed by atoms with Crippen LogP contribution in [0.3, 0.4) is 0 Å². The fraction of sp³-hybridized carbons (Fsp3) is 0.611. The highest BCUT2D eigenvalue weighted by Crippen LogP contribution is 2.53. The van der Waals surface area contributed by atoms with Gasteiger partial charge in [0, 0.05) is 15.9 Å². The maximum absolute atomic E-state index is 11.2. The maximum atomic E-state index is 11.2. The molecule has 0 radical (unpaired) electrons. The van der Waals surface area contributed by atoms with Gasteiger partial charge in [-0.2, -0.15) is 0 Å². The van der Waals surface area contributed by atoms with Crippen LogP contribution < -0.4 is 0 Å². The van der Waals surface area contributed by atoms with Crippen molar-refractivity contribution in [2.24, 2.45) is 11.3 Å². The van der Waals surface area contributed by atoms with Crippen molar-refractivity contribution >= 4 is 11.3 Å². The van der Waals surface area contributed by atoms with Crippen LogP contribution in [0, 0.1) is 11.3 Å². The Morgan fingerprint density at radius 3 is 2.86 bits per heavy atom. The molecule has 2 aromatic heterocycles. The lowest BCUT2D eigenvalue weighted by atomic mass is 9.70. The molecule has 22 heavy (non-hydrogen) atoms. The number of aromatic nitrogens is 2. The largest absolute Gasteiger partial charge is 0.392 e. The molecule has 0 spiro atoms. The van der Waals surface area contributed by atoms with Gasteiger partial charge < -0.3 is 9.67 Å². The summed E-state index contributed by atoms with van der Waals surface area (Å²) in [5, 5.41) is 13.3. The van der Waals surface area contributed by atoms with Crippen molar-refractivity contribution in [3.8, 4) is 11.3 Å². The molecule has 3 heterocycles. The highest BCUT2D eigenvalue weighted by Gasteiger charge is 2.46. The van der Waals surface area contributed by atoms with E-state index in [1.165, 1.54) is 48.2 Å². The molecule has 2 unspecified atom stereocenters. The molecule has 0 saturated heterocycles. The smallest absolute Gasteiger partial charge is 0.0957 e. The molecule has 1 fully saturated rings. The van der Waals surface area contributed by atoms with Crippen LogP contribution in [0.2, 0.25) is 0 Å². The Hall–Kier alpha value is -1.13. The quantitative estimate of drug-likeness (QED) is 0.906. The Balaban J connectivity index is 1.71. The summed E-state index contributed by atoms with van der Waals surface area (Å²) in [6, 6.07) is 2.40. The number of nitrogens with zero attached hydrogens (tertiary/aromatic N) is 2. The van der Waals surface area contributed by atoms with Crippen LogP contribution >= 0.6 is 11.3 Å². The van der Waals surface area contributed by atoms with Crippen LogP contribution in [0.15, 0.2) is 24.0 Å². The van der Waals surface area contributed by atoms with Crippen molar-refractivity contribution in [1.29, 1.82) is 0 Å². The van der Waals surface area contributed by atoms with Gasteiger partial charge in [-0.05, 0) is 30.2 Å². The van der Waals surface area contributed by atoms with Gasteiger partial charge in [0.15, 0.2) is 0 Å². The summed E-state index contributed by atoms with van der Waals surface area (Å²) in [7, 11) is 0. The number of imidazole rings is 1. The SMILES string of the molecule is CC(C)(C(O)C1CCCCC1)C1c2sccc2-c2cncn21. The first-order chi connectivity index (χ1) is 10.6. The zero-order valence-electron chi connectivity index (χ0n) is 13.3. The molecule has 0 amide bonds. The summed E-state index contributed by atoms with van der Waals surface area (Å²) in [6.07, 6.45) is 9.83. The molecule has 118 valence electrons. The first kappa shape index (κ1) is 14.5. The number of hydrogen-bond acceptors (Lipinski definition) is 3. The molecule has 2 atom stereocenters. The number of aliphatic hydroxyl groups excluding tert-OH is 1. The molecular formula is C18H24N2OS. The molecule has 1 saturated carbocycles. The first-order valence-electron chi connectivity index (χ1n) is 8.38. The van der Waals surface area contributed by atoms with Crippen molar-refractivity contribution in [3.63, 3.8) is 0 Å². The fourth-order valence-electron chi connectivity index (χ4n) is 4.51. The second-order valence-corrected chi connectivity index (χ2v) is 8.40. The highest BCUT2D eigenvalue weighted by atomic mass is 32.1. The normalized spacial score (nSPS) is 23.3. The Morgan fingerprint density at radius 1 is 1.32 bits per heavy atom. The van der Waals surface area contributed by atoms with Crippen LogP contribution in [-0.4, -0.2) is 20.8 Å². The third kappa shape index (κ3) is 2.00. The lowest BCUT2D eigenvalue weighted by Gasteiger charge is -2.42. The van der Waals surface area contributed by atoms with Gasteiger partial charge in [0.05, 0.1) is 30.4 Å². The second-order valence-electron chi connectivity index (χ2n) is 7.45. The van der Waals surface area contributed by atoms with Gasteiger partial charge in [0.25, 0.3) is 0 Å². The first-order valence-corrected chi connectivity index (χ1v) is 9.26.